The van der Waals surface area contributed by atoms with Gasteiger partial charge in [0.05, 0.1) is 18.1 Å². The van der Waals surface area contributed by atoms with Gasteiger partial charge in [0, 0.05) is 6.61 Å². The van der Waals surface area contributed by atoms with Crippen molar-refractivity contribution in [1.29, 1.82) is 5.26 Å². The van der Waals surface area contributed by atoms with Crippen LogP contribution in [0.15, 0.2) is 0 Å². The molecule has 1 rings (SSSR count). The molecule has 0 aromatic rings. The molecule has 2 nitrogen and oxygen atoms in total. The number of ether oxygens (including phenoxy) is 1. The second-order valence-electron chi connectivity index (χ2n) is 5.58. The molecule has 3 unspecified atom stereocenters. The van der Waals surface area contributed by atoms with Crippen LogP contribution in [-0.2, 0) is 4.74 Å². The lowest BCUT2D eigenvalue weighted by Gasteiger charge is -2.33. The predicted octanol–water partition coefficient (Wildman–Crippen LogP) is 4.69. The van der Waals surface area contributed by atoms with E-state index in [0.29, 0.717) is 5.92 Å². The summed E-state index contributed by atoms with van der Waals surface area (Å²) in [4.78, 5) is 0. The summed E-state index contributed by atoms with van der Waals surface area (Å²) in [7, 11) is 0. The second kappa shape index (κ2) is 9.39. The van der Waals surface area contributed by atoms with Crippen LogP contribution < -0.4 is 0 Å². The van der Waals surface area contributed by atoms with Crippen LogP contribution in [0.2, 0.25) is 0 Å². The normalized spacial score (nSPS) is 25.6. The second-order valence-corrected chi connectivity index (χ2v) is 5.58. The Morgan fingerprint density at radius 2 is 2.00 bits per heavy atom. The van der Waals surface area contributed by atoms with E-state index in [2.05, 4.69) is 19.9 Å². The van der Waals surface area contributed by atoms with E-state index >= 15 is 0 Å². The Morgan fingerprint density at radius 3 is 2.67 bits per heavy atom. The molecule has 1 fully saturated rings. The van der Waals surface area contributed by atoms with E-state index in [9.17, 15) is 5.26 Å². The summed E-state index contributed by atoms with van der Waals surface area (Å²) >= 11 is 0. The Labute approximate surface area is 113 Å². The van der Waals surface area contributed by atoms with Crippen LogP contribution in [0.25, 0.3) is 0 Å². The van der Waals surface area contributed by atoms with Crippen molar-refractivity contribution >= 4 is 0 Å². The third kappa shape index (κ3) is 4.98. The van der Waals surface area contributed by atoms with Gasteiger partial charge in [0.15, 0.2) is 0 Å². The molecule has 0 aromatic heterocycles. The van der Waals surface area contributed by atoms with E-state index in [-0.39, 0.29) is 12.0 Å². The maximum atomic E-state index is 9.22. The van der Waals surface area contributed by atoms with Crippen molar-refractivity contribution in [2.24, 2.45) is 11.8 Å². The maximum Gasteiger partial charge on any atom is 0.0761 e. The highest BCUT2D eigenvalue weighted by molar-refractivity contribution is 4.93. The number of nitriles is 1. The van der Waals surface area contributed by atoms with Crippen molar-refractivity contribution in [3.63, 3.8) is 0 Å². The topological polar surface area (TPSA) is 33.0 Å². The molecule has 0 aliphatic carbocycles. The van der Waals surface area contributed by atoms with Crippen LogP contribution in [0.3, 0.4) is 0 Å². The van der Waals surface area contributed by atoms with Crippen molar-refractivity contribution in [3.8, 4) is 6.07 Å². The van der Waals surface area contributed by atoms with E-state index in [1.807, 2.05) is 0 Å². The van der Waals surface area contributed by atoms with Gasteiger partial charge in [0.1, 0.15) is 0 Å². The summed E-state index contributed by atoms with van der Waals surface area (Å²) in [5.41, 5.74) is 0. The first-order valence-corrected chi connectivity index (χ1v) is 7.84. The van der Waals surface area contributed by atoms with Gasteiger partial charge in [-0.15, -0.1) is 0 Å². The van der Waals surface area contributed by atoms with Gasteiger partial charge in [0.25, 0.3) is 0 Å². The van der Waals surface area contributed by atoms with Gasteiger partial charge in [-0.1, -0.05) is 52.4 Å². The zero-order chi connectivity index (χ0) is 13.2. The molecular formula is C16H29NO. The van der Waals surface area contributed by atoms with Gasteiger partial charge in [-0.3, -0.25) is 0 Å². The third-order valence-electron chi connectivity index (χ3n) is 4.20. The highest BCUT2D eigenvalue weighted by Gasteiger charge is 2.31. The highest BCUT2D eigenvalue weighted by atomic mass is 16.5. The lowest BCUT2D eigenvalue weighted by molar-refractivity contribution is -0.0477. The zero-order valence-corrected chi connectivity index (χ0v) is 12.2. The molecule has 1 heterocycles. The Hall–Kier alpha value is -0.550. The van der Waals surface area contributed by atoms with Gasteiger partial charge in [-0.05, 0) is 25.2 Å². The molecular weight excluding hydrogens is 222 g/mol. The molecule has 0 N–H and O–H groups in total. The Bertz CT molecular complexity index is 246. The van der Waals surface area contributed by atoms with Gasteiger partial charge >= 0.3 is 0 Å². The highest BCUT2D eigenvalue weighted by Crippen LogP contribution is 2.31. The van der Waals surface area contributed by atoms with Crippen LogP contribution in [0.5, 0.6) is 0 Å². The first-order valence-electron chi connectivity index (χ1n) is 7.84. The molecule has 3 atom stereocenters. The molecule has 0 amide bonds. The molecule has 1 saturated heterocycles. The van der Waals surface area contributed by atoms with Gasteiger partial charge in [0.2, 0.25) is 0 Å². The van der Waals surface area contributed by atoms with Crippen molar-refractivity contribution in [2.75, 3.05) is 6.61 Å². The largest absolute Gasteiger partial charge is 0.377 e. The minimum atomic E-state index is 0.138. The van der Waals surface area contributed by atoms with Crippen molar-refractivity contribution in [1.82, 2.24) is 0 Å². The monoisotopic (exact) mass is 251 g/mol. The molecule has 0 bridgehead atoms. The summed E-state index contributed by atoms with van der Waals surface area (Å²) in [6.07, 6.45) is 11.4. The summed E-state index contributed by atoms with van der Waals surface area (Å²) < 4.78 is 5.89. The first-order chi connectivity index (χ1) is 8.83. The molecule has 0 aromatic carbocycles. The van der Waals surface area contributed by atoms with E-state index in [1.54, 1.807) is 0 Å². The maximum absolute atomic E-state index is 9.22. The SMILES string of the molecule is CCCCCCCC(CC)C1OCCCC1C#N. The fourth-order valence-electron chi connectivity index (χ4n) is 3.02. The Morgan fingerprint density at radius 1 is 1.22 bits per heavy atom. The van der Waals surface area contributed by atoms with Crippen molar-refractivity contribution in [3.05, 3.63) is 0 Å². The quantitative estimate of drug-likeness (QED) is 0.586. The van der Waals surface area contributed by atoms with Crippen LogP contribution in [-0.4, -0.2) is 12.7 Å². The fraction of sp³-hybridized carbons (Fsp3) is 0.938. The van der Waals surface area contributed by atoms with Gasteiger partial charge in [-0.25, -0.2) is 0 Å². The zero-order valence-electron chi connectivity index (χ0n) is 12.2. The number of rotatable bonds is 8. The molecule has 104 valence electrons. The number of unbranched alkanes of at least 4 members (excludes halogenated alkanes) is 4. The Kier molecular flexibility index (Phi) is 8.09. The van der Waals surface area contributed by atoms with Crippen LogP contribution in [0.4, 0.5) is 0 Å². The average Bonchev–Trinajstić information content (AvgIpc) is 2.43. The van der Waals surface area contributed by atoms with Crippen molar-refractivity contribution in [2.45, 2.75) is 77.7 Å². The standard InChI is InChI=1S/C16H29NO/c1-3-5-6-7-8-10-14(4-2)16-15(13-17)11-9-12-18-16/h14-16H,3-12H2,1-2H3. The molecule has 1 aliphatic heterocycles. The molecule has 0 radical (unpaired) electrons. The minimum Gasteiger partial charge on any atom is -0.377 e. The van der Waals surface area contributed by atoms with E-state index in [1.165, 1.54) is 38.5 Å². The molecule has 18 heavy (non-hydrogen) atoms. The summed E-state index contributed by atoms with van der Waals surface area (Å²) in [5.74, 6) is 0.732. The first kappa shape index (κ1) is 15.5. The van der Waals surface area contributed by atoms with Crippen molar-refractivity contribution < 1.29 is 4.74 Å². The van der Waals surface area contributed by atoms with E-state index in [0.717, 1.165) is 25.9 Å². The molecule has 2 heteroatoms. The average molecular weight is 251 g/mol. The minimum absolute atomic E-state index is 0.138. The third-order valence-corrected chi connectivity index (χ3v) is 4.20. The molecule has 1 aliphatic rings. The summed E-state index contributed by atoms with van der Waals surface area (Å²) in [5, 5.41) is 9.22. The Balaban J connectivity index is 2.32. The smallest absolute Gasteiger partial charge is 0.0761 e. The summed E-state index contributed by atoms with van der Waals surface area (Å²) in [6.45, 7) is 5.35. The number of nitrogens with zero attached hydrogens (tertiary/aromatic N) is 1. The van der Waals surface area contributed by atoms with E-state index < -0.39 is 0 Å². The lowest BCUT2D eigenvalue weighted by atomic mass is 9.82. The summed E-state index contributed by atoms with van der Waals surface area (Å²) in [6, 6.07) is 2.45. The van der Waals surface area contributed by atoms with Gasteiger partial charge < -0.3 is 4.74 Å². The van der Waals surface area contributed by atoms with Crippen LogP contribution >= 0.6 is 0 Å². The fourth-order valence-corrected chi connectivity index (χ4v) is 3.02. The molecule has 0 spiro atoms. The van der Waals surface area contributed by atoms with Gasteiger partial charge in [-0.2, -0.15) is 5.26 Å². The number of hydrogen-bond donors (Lipinski definition) is 0. The lowest BCUT2D eigenvalue weighted by Crippen LogP contribution is -2.35. The molecule has 0 saturated carbocycles. The number of hydrogen-bond acceptors (Lipinski definition) is 2. The van der Waals surface area contributed by atoms with Crippen LogP contribution in [0.1, 0.15) is 71.6 Å². The van der Waals surface area contributed by atoms with E-state index in [4.69, 9.17) is 4.74 Å². The van der Waals surface area contributed by atoms with Crippen LogP contribution in [0, 0.1) is 23.2 Å². The predicted molar refractivity (Wildman–Crippen MR) is 75.2 cm³/mol.